The molecule has 0 heterocycles. The molecule has 79 heavy (non-hydrogen) atoms. The molecule has 0 aromatic rings. The van der Waals surface area contributed by atoms with Crippen molar-refractivity contribution >= 4 is 19.7 Å². The monoisotopic (exact) mass is 1130 g/mol. The SMILES string of the molecule is CCCCC/C=C\C/C=C\C/C=C\CCCCCCCCC(=O)NC(COP(=O)([O-])OCC[N+](C)(C)C)C(/C=C/CCCCCCCCCCC)OC(=O)CCCCCCCCCCCCCCC/C=C/CCCCCCCC. The van der Waals surface area contributed by atoms with Gasteiger partial charge in [-0.3, -0.25) is 14.2 Å². The van der Waals surface area contributed by atoms with Crippen molar-refractivity contribution in [2.75, 3.05) is 40.9 Å². The summed E-state index contributed by atoms with van der Waals surface area (Å²) < 4.78 is 30.4. The number of amides is 1. The summed E-state index contributed by atoms with van der Waals surface area (Å²) in [5.74, 6) is -0.547. The average Bonchev–Trinajstić information content (AvgIpc) is 3.41. The minimum absolute atomic E-state index is 0.0256. The predicted molar refractivity (Wildman–Crippen MR) is 339 cm³/mol. The highest BCUT2D eigenvalue weighted by Gasteiger charge is 2.27. The maximum Gasteiger partial charge on any atom is 0.306 e. The van der Waals surface area contributed by atoms with E-state index in [1.807, 2.05) is 33.3 Å². The number of hydrogen-bond donors (Lipinski definition) is 1. The largest absolute Gasteiger partial charge is 0.756 e. The van der Waals surface area contributed by atoms with Crippen molar-refractivity contribution in [2.45, 2.75) is 328 Å². The average molecular weight is 1130 g/mol. The van der Waals surface area contributed by atoms with Gasteiger partial charge in [-0.15, -0.1) is 0 Å². The van der Waals surface area contributed by atoms with Gasteiger partial charge < -0.3 is 28.5 Å². The number of ether oxygens (including phenoxy) is 1. The van der Waals surface area contributed by atoms with E-state index in [9.17, 15) is 19.0 Å². The number of esters is 1. The molecule has 0 bridgehead atoms. The van der Waals surface area contributed by atoms with Crippen molar-refractivity contribution in [3.63, 3.8) is 0 Å². The normalized spacial score (nSPS) is 14.0. The summed E-state index contributed by atoms with van der Waals surface area (Å²) in [5, 5.41) is 3.03. The fourth-order valence-electron chi connectivity index (χ4n) is 9.70. The van der Waals surface area contributed by atoms with Gasteiger partial charge in [0.05, 0.1) is 33.8 Å². The van der Waals surface area contributed by atoms with Crippen molar-refractivity contribution in [3.8, 4) is 0 Å². The van der Waals surface area contributed by atoms with Gasteiger partial charge in [0.25, 0.3) is 7.82 Å². The van der Waals surface area contributed by atoms with E-state index < -0.39 is 26.6 Å². The van der Waals surface area contributed by atoms with Gasteiger partial charge in [0.15, 0.2) is 0 Å². The van der Waals surface area contributed by atoms with Gasteiger partial charge in [0.1, 0.15) is 19.3 Å². The maximum absolute atomic E-state index is 13.5. The van der Waals surface area contributed by atoms with Crippen LogP contribution in [0.5, 0.6) is 0 Å². The molecule has 1 amide bonds. The third-order valence-corrected chi connectivity index (χ3v) is 15.9. The van der Waals surface area contributed by atoms with Crippen LogP contribution in [0, 0.1) is 0 Å². The number of likely N-dealkylation sites (N-methyl/N-ethyl adjacent to an activating group) is 1. The molecule has 9 nitrogen and oxygen atoms in total. The van der Waals surface area contributed by atoms with E-state index in [1.165, 1.54) is 186 Å². The molecule has 0 aliphatic heterocycles. The highest BCUT2D eigenvalue weighted by atomic mass is 31.2. The molecule has 0 radical (unpaired) electrons. The first-order valence-electron chi connectivity index (χ1n) is 33.6. The second kappa shape index (κ2) is 58.9. The molecule has 0 spiro atoms. The van der Waals surface area contributed by atoms with Crippen molar-refractivity contribution in [1.29, 1.82) is 0 Å². The molecule has 3 unspecified atom stereocenters. The number of rotatable bonds is 61. The minimum atomic E-state index is -4.70. The van der Waals surface area contributed by atoms with Gasteiger partial charge in [0.2, 0.25) is 5.91 Å². The van der Waals surface area contributed by atoms with Crippen LogP contribution in [-0.4, -0.2) is 69.4 Å². The zero-order valence-electron chi connectivity index (χ0n) is 52.8. The topological polar surface area (TPSA) is 114 Å². The van der Waals surface area contributed by atoms with E-state index in [2.05, 4.69) is 74.7 Å². The molecule has 10 heteroatoms. The Labute approximate surface area is 490 Å². The van der Waals surface area contributed by atoms with Crippen molar-refractivity contribution in [1.82, 2.24) is 5.32 Å². The predicted octanol–water partition coefficient (Wildman–Crippen LogP) is 20.4. The summed E-state index contributed by atoms with van der Waals surface area (Å²) >= 11 is 0. The number of phosphoric acid groups is 1. The maximum atomic E-state index is 13.5. The summed E-state index contributed by atoms with van der Waals surface area (Å²) in [4.78, 5) is 40.1. The van der Waals surface area contributed by atoms with Crippen LogP contribution in [0.1, 0.15) is 316 Å². The molecule has 0 rings (SSSR count). The molecule has 3 atom stereocenters. The van der Waals surface area contributed by atoms with E-state index in [0.29, 0.717) is 17.4 Å². The number of carbonyl (C=O) groups is 2. The highest BCUT2D eigenvalue weighted by molar-refractivity contribution is 7.45. The first-order chi connectivity index (χ1) is 38.4. The number of hydrogen-bond acceptors (Lipinski definition) is 7. The van der Waals surface area contributed by atoms with Crippen LogP contribution in [0.25, 0.3) is 0 Å². The van der Waals surface area contributed by atoms with Crippen molar-refractivity contribution in [2.24, 2.45) is 0 Å². The molecule has 0 saturated heterocycles. The number of quaternary nitrogens is 1. The number of phosphoric ester groups is 1. The molecule has 0 aromatic carbocycles. The molecule has 0 aromatic heterocycles. The standard InChI is InChI=1S/C69H129N2O7P/c1-7-10-13-16-19-22-25-27-29-31-33-34-35-36-38-40-42-44-47-50-53-56-59-62-69(73)78-67(60-57-54-51-48-45-24-21-18-15-12-9-3)66(65-77-79(74,75)76-64-63-71(4,5)6)70-68(72)61-58-55-52-49-46-43-41-39-37-32-30-28-26-23-20-17-14-11-8-2/h20,23,27-30,37,39,57,60,66-67H,7-19,21-22,24-26,31-36,38,40-56,58-59,61-65H2,1-6H3,(H-,70,72,74,75)/b23-20-,29-27+,30-28-,39-37-,60-57+. The smallest absolute Gasteiger partial charge is 0.306 e. The number of carbonyl (C=O) groups excluding carboxylic acids is 2. The Kier molecular flexibility index (Phi) is 57.2. The Morgan fingerprint density at radius 1 is 0.443 bits per heavy atom. The summed E-state index contributed by atoms with van der Waals surface area (Å²) in [6, 6.07) is -0.896. The van der Waals surface area contributed by atoms with Gasteiger partial charge in [-0.25, -0.2) is 0 Å². The van der Waals surface area contributed by atoms with E-state index in [-0.39, 0.29) is 24.9 Å². The summed E-state index contributed by atoms with van der Waals surface area (Å²) in [7, 11) is 1.18. The Hall–Kier alpha value is -2.29. The number of nitrogens with zero attached hydrogens (tertiary/aromatic N) is 1. The zero-order chi connectivity index (χ0) is 57.9. The van der Waals surface area contributed by atoms with Crippen LogP contribution >= 0.6 is 7.82 Å². The first-order valence-corrected chi connectivity index (χ1v) is 35.1. The van der Waals surface area contributed by atoms with Gasteiger partial charge in [-0.05, 0) is 96.0 Å². The fourth-order valence-corrected chi connectivity index (χ4v) is 10.4. The van der Waals surface area contributed by atoms with Crippen LogP contribution < -0.4 is 10.2 Å². The lowest BCUT2D eigenvalue weighted by molar-refractivity contribution is -0.870. The van der Waals surface area contributed by atoms with Crippen LogP contribution in [-0.2, 0) is 27.9 Å². The molecular weight excluding hydrogens is 1000 g/mol. The van der Waals surface area contributed by atoms with Gasteiger partial charge in [0, 0.05) is 12.8 Å². The minimum Gasteiger partial charge on any atom is -0.756 e. The van der Waals surface area contributed by atoms with Gasteiger partial charge in [-0.2, -0.15) is 0 Å². The summed E-state index contributed by atoms with van der Waals surface area (Å²) in [6.45, 7) is 6.82. The van der Waals surface area contributed by atoms with E-state index in [1.54, 1.807) is 0 Å². The second-order valence-corrected chi connectivity index (χ2v) is 25.4. The lowest BCUT2D eigenvalue weighted by Gasteiger charge is -2.30. The molecule has 1 N–H and O–H groups in total. The molecule has 0 aliphatic carbocycles. The van der Waals surface area contributed by atoms with Crippen LogP contribution in [0.15, 0.2) is 60.8 Å². The molecular formula is C69H129N2O7P. The van der Waals surface area contributed by atoms with E-state index in [0.717, 1.165) is 96.3 Å². The number of allylic oxidation sites excluding steroid dienone is 9. The Morgan fingerprint density at radius 3 is 1.19 bits per heavy atom. The van der Waals surface area contributed by atoms with Crippen molar-refractivity contribution < 1.29 is 37.3 Å². The van der Waals surface area contributed by atoms with Crippen LogP contribution in [0.3, 0.4) is 0 Å². The quantitative estimate of drug-likeness (QED) is 0.0212. The lowest BCUT2D eigenvalue weighted by Crippen LogP contribution is -2.47. The summed E-state index contributed by atoms with van der Waals surface area (Å²) in [6.07, 6.45) is 74.8. The second-order valence-electron chi connectivity index (χ2n) is 24.0. The molecule has 462 valence electrons. The highest BCUT2D eigenvalue weighted by Crippen LogP contribution is 2.38. The van der Waals surface area contributed by atoms with Gasteiger partial charge in [-0.1, -0.05) is 268 Å². The lowest BCUT2D eigenvalue weighted by atomic mass is 10.0. The van der Waals surface area contributed by atoms with Gasteiger partial charge >= 0.3 is 5.97 Å². The van der Waals surface area contributed by atoms with Crippen molar-refractivity contribution in [3.05, 3.63) is 60.8 Å². The third-order valence-electron chi connectivity index (χ3n) is 14.9. The van der Waals surface area contributed by atoms with Crippen LogP contribution in [0.4, 0.5) is 0 Å². The Bertz CT molecular complexity index is 1540. The number of nitrogens with one attached hydrogen (secondary N) is 1. The Morgan fingerprint density at radius 2 is 0.772 bits per heavy atom. The van der Waals surface area contributed by atoms with E-state index >= 15 is 0 Å². The zero-order valence-corrected chi connectivity index (χ0v) is 53.7. The van der Waals surface area contributed by atoms with Crippen LogP contribution in [0.2, 0.25) is 0 Å². The molecule has 0 fully saturated rings. The molecule has 0 saturated carbocycles. The third kappa shape index (κ3) is 60.1. The summed E-state index contributed by atoms with van der Waals surface area (Å²) in [5.41, 5.74) is 0. The Balaban J connectivity index is 5.11. The first kappa shape index (κ1) is 76.7. The fraction of sp³-hybridized carbons (Fsp3) is 0.826. The molecule has 0 aliphatic rings. The number of unbranched alkanes of at least 4 members (excludes halogenated alkanes) is 37. The van der Waals surface area contributed by atoms with E-state index in [4.69, 9.17) is 13.8 Å².